The Morgan fingerprint density at radius 3 is 2.44 bits per heavy atom. The summed E-state index contributed by atoms with van der Waals surface area (Å²) in [5.41, 5.74) is 3.02. The van der Waals surface area contributed by atoms with Crippen molar-refractivity contribution in [3.8, 4) is 5.88 Å². The second kappa shape index (κ2) is 5.25. The van der Waals surface area contributed by atoms with Crippen molar-refractivity contribution < 1.29 is 31.5 Å². The number of pyridine rings is 1. The summed E-state index contributed by atoms with van der Waals surface area (Å²) in [6, 6.07) is 0.762. The van der Waals surface area contributed by atoms with Crippen LogP contribution >= 0.6 is 0 Å². The fourth-order valence-electron chi connectivity index (χ4n) is 1.19. The standard InChI is InChI=1S/C9H7F5N2O2/c10-7(11)5-1-4(2-15)16-8(6(5)3-17)18-9(12,13)14/h1,3,7H,2,15H2. The molecule has 0 aromatic carbocycles. The van der Waals surface area contributed by atoms with Crippen molar-refractivity contribution in [2.24, 2.45) is 5.73 Å². The number of nitrogens with two attached hydrogens (primary N) is 1. The molecular formula is C9H7F5N2O2. The van der Waals surface area contributed by atoms with E-state index in [0.717, 1.165) is 6.07 Å². The average molecular weight is 270 g/mol. The first kappa shape index (κ1) is 14.3. The third-order valence-electron chi connectivity index (χ3n) is 1.88. The molecule has 18 heavy (non-hydrogen) atoms. The molecule has 100 valence electrons. The van der Waals surface area contributed by atoms with Crippen molar-refractivity contribution in [2.75, 3.05) is 0 Å². The molecule has 0 aliphatic heterocycles. The molecule has 1 aromatic heterocycles. The Hall–Kier alpha value is -1.77. The van der Waals surface area contributed by atoms with Gasteiger partial charge in [0.05, 0.1) is 11.3 Å². The lowest BCUT2D eigenvalue weighted by atomic mass is 10.1. The maximum atomic E-state index is 12.6. The van der Waals surface area contributed by atoms with Crippen LogP contribution in [0.25, 0.3) is 0 Å². The molecule has 1 heterocycles. The van der Waals surface area contributed by atoms with Crippen molar-refractivity contribution in [1.82, 2.24) is 4.98 Å². The topological polar surface area (TPSA) is 65.2 Å². The molecule has 0 radical (unpaired) electrons. The summed E-state index contributed by atoms with van der Waals surface area (Å²) in [6.07, 6.45) is -8.46. The number of hydrogen-bond acceptors (Lipinski definition) is 4. The molecule has 0 spiro atoms. The molecule has 0 amide bonds. The van der Waals surface area contributed by atoms with Gasteiger partial charge in [0.25, 0.3) is 6.43 Å². The van der Waals surface area contributed by atoms with Crippen LogP contribution in [0.5, 0.6) is 5.88 Å². The molecule has 0 aliphatic carbocycles. The van der Waals surface area contributed by atoms with Gasteiger partial charge in [-0.3, -0.25) is 4.79 Å². The van der Waals surface area contributed by atoms with Crippen LogP contribution in [-0.2, 0) is 6.54 Å². The van der Waals surface area contributed by atoms with Crippen LogP contribution in [0.1, 0.15) is 28.0 Å². The summed E-state index contributed by atoms with van der Waals surface area (Å²) in [5, 5.41) is 0. The minimum atomic E-state index is -5.14. The summed E-state index contributed by atoms with van der Waals surface area (Å²) in [6.45, 7) is -0.368. The monoisotopic (exact) mass is 270 g/mol. The van der Waals surface area contributed by atoms with Crippen LogP contribution in [0.15, 0.2) is 6.07 Å². The summed E-state index contributed by atoms with van der Waals surface area (Å²) in [4.78, 5) is 13.8. The summed E-state index contributed by atoms with van der Waals surface area (Å²) in [5.74, 6) is -1.23. The zero-order chi connectivity index (χ0) is 13.9. The van der Waals surface area contributed by atoms with E-state index in [0.29, 0.717) is 0 Å². The maximum absolute atomic E-state index is 12.6. The van der Waals surface area contributed by atoms with Crippen LogP contribution in [0.2, 0.25) is 0 Å². The van der Waals surface area contributed by atoms with Gasteiger partial charge in [0, 0.05) is 12.1 Å². The molecule has 0 saturated heterocycles. The lowest BCUT2D eigenvalue weighted by Crippen LogP contribution is -2.20. The molecule has 0 atom stereocenters. The van der Waals surface area contributed by atoms with Gasteiger partial charge in [0.15, 0.2) is 6.29 Å². The number of carbonyl (C=O) groups excluding carboxylic acids is 1. The lowest BCUT2D eigenvalue weighted by Gasteiger charge is -2.13. The molecule has 0 saturated carbocycles. The molecule has 2 N–H and O–H groups in total. The maximum Gasteiger partial charge on any atom is 0.574 e. The Bertz CT molecular complexity index is 447. The highest BCUT2D eigenvalue weighted by molar-refractivity contribution is 5.81. The smallest absolute Gasteiger partial charge is 0.387 e. The lowest BCUT2D eigenvalue weighted by molar-refractivity contribution is -0.276. The van der Waals surface area contributed by atoms with E-state index >= 15 is 0 Å². The van der Waals surface area contributed by atoms with Crippen LogP contribution in [0.3, 0.4) is 0 Å². The summed E-state index contributed by atoms with van der Waals surface area (Å²) < 4.78 is 64.7. The number of nitrogens with zero attached hydrogens (tertiary/aromatic N) is 1. The van der Waals surface area contributed by atoms with Gasteiger partial charge in [-0.2, -0.15) is 0 Å². The Kier molecular flexibility index (Phi) is 4.17. The number of ether oxygens (including phenoxy) is 1. The SMILES string of the molecule is NCc1cc(C(F)F)c(C=O)c(OC(F)(F)F)n1. The van der Waals surface area contributed by atoms with Gasteiger partial charge in [0.1, 0.15) is 0 Å². The zero-order valence-corrected chi connectivity index (χ0v) is 8.67. The van der Waals surface area contributed by atoms with Gasteiger partial charge in [-0.1, -0.05) is 0 Å². The van der Waals surface area contributed by atoms with Gasteiger partial charge in [-0.05, 0) is 6.07 Å². The first-order valence-corrected chi connectivity index (χ1v) is 4.51. The van der Waals surface area contributed by atoms with Gasteiger partial charge in [-0.25, -0.2) is 13.8 Å². The molecule has 0 aliphatic rings. The van der Waals surface area contributed by atoms with Crippen molar-refractivity contribution in [3.05, 3.63) is 22.9 Å². The Morgan fingerprint density at radius 2 is 2.06 bits per heavy atom. The van der Waals surface area contributed by atoms with Crippen LogP contribution in [0, 0.1) is 0 Å². The molecular weight excluding hydrogens is 263 g/mol. The summed E-state index contributed by atoms with van der Waals surface area (Å²) >= 11 is 0. The molecule has 9 heteroatoms. The minimum absolute atomic E-state index is 0.171. The van der Waals surface area contributed by atoms with Gasteiger partial charge < -0.3 is 10.5 Å². The van der Waals surface area contributed by atoms with E-state index in [9.17, 15) is 26.7 Å². The van der Waals surface area contributed by atoms with Gasteiger partial charge in [-0.15, -0.1) is 13.2 Å². The van der Waals surface area contributed by atoms with Crippen LogP contribution in [-0.4, -0.2) is 17.6 Å². The van der Waals surface area contributed by atoms with Crippen molar-refractivity contribution in [1.29, 1.82) is 0 Å². The predicted molar refractivity (Wildman–Crippen MR) is 49.2 cm³/mol. The molecule has 4 nitrogen and oxygen atoms in total. The number of hydrogen-bond donors (Lipinski definition) is 1. The van der Waals surface area contributed by atoms with E-state index in [1.807, 2.05) is 0 Å². The molecule has 1 aromatic rings. The fourth-order valence-corrected chi connectivity index (χ4v) is 1.19. The first-order valence-electron chi connectivity index (χ1n) is 4.51. The number of aromatic nitrogens is 1. The van der Waals surface area contributed by atoms with Crippen molar-refractivity contribution in [2.45, 2.75) is 19.3 Å². The van der Waals surface area contributed by atoms with Crippen LogP contribution in [0.4, 0.5) is 22.0 Å². The minimum Gasteiger partial charge on any atom is -0.387 e. The number of carbonyl (C=O) groups is 1. The second-order valence-corrected chi connectivity index (χ2v) is 3.09. The fraction of sp³-hybridized carbons (Fsp3) is 0.333. The van der Waals surface area contributed by atoms with E-state index in [4.69, 9.17) is 5.73 Å². The van der Waals surface area contributed by atoms with E-state index in [2.05, 4.69) is 9.72 Å². The van der Waals surface area contributed by atoms with Crippen molar-refractivity contribution >= 4 is 6.29 Å². The molecule has 0 unspecified atom stereocenters. The normalized spacial score (nSPS) is 11.7. The van der Waals surface area contributed by atoms with Crippen LogP contribution < -0.4 is 10.5 Å². The quantitative estimate of drug-likeness (QED) is 0.672. The Balaban J connectivity index is 3.37. The zero-order valence-electron chi connectivity index (χ0n) is 8.67. The van der Waals surface area contributed by atoms with Gasteiger partial charge in [0.2, 0.25) is 5.88 Å². The highest BCUT2D eigenvalue weighted by atomic mass is 19.4. The van der Waals surface area contributed by atoms with E-state index in [-0.39, 0.29) is 18.5 Å². The predicted octanol–water partition coefficient (Wildman–Crippen LogP) is 2.19. The summed E-state index contributed by atoms with van der Waals surface area (Å²) in [7, 11) is 0. The number of halogens is 5. The third kappa shape index (κ3) is 3.36. The van der Waals surface area contributed by atoms with E-state index in [1.165, 1.54) is 0 Å². The van der Waals surface area contributed by atoms with E-state index < -0.39 is 29.8 Å². The first-order chi connectivity index (χ1) is 8.28. The third-order valence-corrected chi connectivity index (χ3v) is 1.88. The molecule has 1 rings (SSSR count). The largest absolute Gasteiger partial charge is 0.574 e. The number of aldehydes is 1. The van der Waals surface area contributed by atoms with E-state index in [1.54, 1.807) is 0 Å². The molecule has 0 fully saturated rings. The van der Waals surface area contributed by atoms with Gasteiger partial charge >= 0.3 is 6.36 Å². The molecule has 0 bridgehead atoms. The number of rotatable bonds is 4. The average Bonchev–Trinajstić information content (AvgIpc) is 2.25. The highest BCUT2D eigenvalue weighted by Gasteiger charge is 2.34. The number of alkyl halides is 5. The Morgan fingerprint density at radius 1 is 1.44 bits per heavy atom. The van der Waals surface area contributed by atoms with Crippen molar-refractivity contribution in [3.63, 3.8) is 0 Å². The second-order valence-electron chi connectivity index (χ2n) is 3.09. The highest BCUT2D eigenvalue weighted by Crippen LogP contribution is 2.31. The Labute approximate surface area is 97.6 Å².